The first-order valence-electron chi connectivity index (χ1n) is 31.1. The van der Waals surface area contributed by atoms with Crippen LogP contribution >= 0.6 is 0 Å². The minimum absolute atomic E-state index is 0.0401. The van der Waals surface area contributed by atoms with Gasteiger partial charge in [-0.3, -0.25) is 0 Å². The molecule has 0 radical (unpaired) electrons. The summed E-state index contributed by atoms with van der Waals surface area (Å²) in [5.74, 6) is 1.53. The predicted octanol–water partition coefficient (Wildman–Crippen LogP) is 22.9. The number of benzene rings is 11. The highest BCUT2D eigenvalue weighted by atomic mass is 16.7. The van der Waals surface area contributed by atoms with Crippen molar-refractivity contribution in [3.63, 3.8) is 0 Å². The van der Waals surface area contributed by atoms with E-state index in [4.69, 9.17) is 9.47 Å². The first kappa shape index (κ1) is 57.1. The van der Waals surface area contributed by atoms with E-state index in [1.807, 2.05) is 0 Å². The van der Waals surface area contributed by atoms with Gasteiger partial charge in [-0.05, 0) is 228 Å². The van der Waals surface area contributed by atoms with Gasteiger partial charge in [-0.1, -0.05) is 259 Å². The van der Waals surface area contributed by atoms with Crippen molar-refractivity contribution in [1.82, 2.24) is 0 Å². The van der Waals surface area contributed by atoms with E-state index in [-0.39, 0.29) is 28.5 Å². The Morgan fingerprint density at radius 3 is 1.00 bits per heavy atom. The van der Waals surface area contributed by atoms with Gasteiger partial charge >= 0.3 is 0 Å². The molecule has 13 rings (SSSR count). The molecule has 11 aromatic carbocycles. The first-order chi connectivity index (χ1) is 41.5. The Morgan fingerprint density at radius 1 is 0.276 bits per heavy atom. The van der Waals surface area contributed by atoms with Gasteiger partial charge in [0.25, 0.3) is 0 Å². The maximum atomic E-state index is 6.41. The van der Waals surface area contributed by atoms with Crippen LogP contribution in [0.4, 0.5) is 0 Å². The predicted molar refractivity (Wildman–Crippen MR) is 367 cm³/mol. The van der Waals surface area contributed by atoms with E-state index in [9.17, 15) is 0 Å². The van der Waals surface area contributed by atoms with Crippen molar-refractivity contribution in [3.8, 4) is 101 Å². The summed E-state index contributed by atoms with van der Waals surface area (Å²) in [4.78, 5) is 0. The van der Waals surface area contributed by atoms with Crippen molar-refractivity contribution in [2.75, 3.05) is 6.79 Å². The molecule has 0 bridgehead atoms. The molecule has 1 aliphatic carbocycles. The van der Waals surface area contributed by atoms with Gasteiger partial charge in [-0.2, -0.15) is 0 Å². The van der Waals surface area contributed by atoms with Crippen LogP contribution in [0, 0.1) is 6.92 Å². The Kier molecular flexibility index (Phi) is 14.1. The number of hydrogen-bond donors (Lipinski definition) is 0. The number of ether oxygens (including phenoxy) is 2. The monoisotopic (exact) mass is 1130 g/mol. The first-order valence-corrected chi connectivity index (χ1v) is 31.1. The molecule has 432 valence electrons. The van der Waals surface area contributed by atoms with Gasteiger partial charge < -0.3 is 9.47 Å². The lowest BCUT2D eigenvalue weighted by atomic mass is 9.66. The van der Waals surface area contributed by atoms with Crippen molar-refractivity contribution in [2.24, 2.45) is 0 Å². The number of fused-ring (bicyclic) bond motifs is 4. The largest absolute Gasteiger partial charge is 0.454 e. The van der Waals surface area contributed by atoms with E-state index in [1.54, 1.807) is 0 Å². The molecule has 87 heavy (non-hydrogen) atoms. The van der Waals surface area contributed by atoms with E-state index < -0.39 is 5.41 Å². The van der Waals surface area contributed by atoms with Crippen molar-refractivity contribution in [3.05, 3.63) is 287 Å². The summed E-state index contributed by atoms with van der Waals surface area (Å²) in [5.41, 5.74) is 29.4. The standard InChI is InChI=1S/C85H80O2/c1-54-19-14-15-24-73(54)74-25-18-26-76-80(74)75-51-78-79(87-53-86-78)52-77(75)85(76,71-22-16-20-59(49-71)65-45-61(55-27-35-67(36-28-55)81(2,3)4)43-62(46-65)56-29-37-68(38-30-56)82(5,6)7)72-23-17-21-60(50-72)66-47-63(57-31-39-69(40-32-57)83(8,9)10)44-64(48-66)58-33-41-70(42-34-58)84(11,12)13/h14-52H,53H2,1-13H3. The Morgan fingerprint density at radius 2 is 0.621 bits per heavy atom. The maximum Gasteiger partial charge on any atom is 0.231 e. The minimum Gasteiger partial charge on any atom is -0.454 e. The summed E-state index contributed by atoms with van der Waals surface area (Å²) in [6, 6.07) is 90.3. The van der Waals surface area contributed by atoms with Crippen molar-refractivity contribution in [2.45, 2.75) is 117 Å². The van der Waals surface area contributed by atoms with Crippen LogP contribution in [-0.2, 0) is 27.1 Å². The molecule has 0 amide bonds. The van der Waals surface area contributed by atoms with Crippen LogP contribution in [0.5, 0.6) is 11.5 Å². The molecule has 2 nitrogen and oxygen atoms in total. The average molecular weight is 1130 g/mol. The quantitative estimate of drug-likeness (QED) is 0.143. The Bertz CT molecular complexity index is 4050. The van der Waals surface area contributed by atoms with Crippen LogP contribution in [-0.4, -0.2) is 6.79 Å². The second kappa shape index (κ2) is 21.5. The van der Waals surface area contributed by atoms with E-state index in [0.717, 1.165) is 44.9 Å². The van der Waals surface area contributed by atoms with Crippen molar-refractivity contribution >= 4 is 0 Å². The van der Waals surface area contributed by atoms with E-state index in [0.29, 0.717) is 0 Å². The molecule has 0 saturated carbocycles. The zero-order valence-electron chi connectivity index (χ0n) is 53.0. The highest BCUT2D eigenvalue weighted by Crippen LogP contribution is 2.61. The summed E-state index contributed by atoms with van der Waals surface area (Å²) in [6.07, 6.45) is 0. The Labute approximate surface area is 517 Å². The highest BCUT2D eigenvalue weighted by molar-refractivity contribution is 5.98. The number of hydrogen-bond acceptors (Lipinski definition) is 2. The molecule has 0 aromatic heterocycles. The topological polar surface area (TPSA) is 18.5 Å². The number of rotatable bonds is 9. The highest BCUT2D eigenvalue weighted by Gasteiger charge is 2.48. The fourth-order valence-electron chi connectivity index (χ4n) is 13.4. The lowest BCUT2D eigenvalue weighted by Gasteiger charge is -2.35. The Hall–Kier alpha value is -8.98. The zero-order chi connectivity index (χ0) is 60.8. The second-order valence-electron chi connectivity index (χ2n) is 28.6. The van der Waals surface area contributed by atoms with Crippen LogP contribution in [0.25, 0.3) is 89.0 Å². The molecule has 0 N–H and O–H groups in total. The summed E-state index contributed by atoms with van der Waals surface area (Å²) in [6.45, 7) is 29.8. The molecule has 0 atom stereocenters. The summed E-state index contributed by atoms with van der Waals surface area (Å²) in [5, 5.41) is 0. The molecule has 2 aliphatic rings. The number of aryl methyl sites for hydroxylation is 1. The third-order valence-corrected chi connectivity index (χ3v) is 18.6. The molecule has 0 saturated heterocycles. The van der Waals surface area contributed by atoms with Crippen LogP contribution < -0.4 is 9.47 Å². The molecular weight excluding hydrogens is 1050 g/mol. The van der Waals surface area contributed by atoms with E-state index in [2.05, 4.69) is 327 Å². The third kappa shape index (κ3) is 10.6. The normalized spacial score (nSPS) is 13.6. The zero-order valence-corrected chi connectivity index (χ0v) is 53.0. The summed E-state index contributed by atoms with van der Waals surface area (Å²) >= 11 is 0. The summed E-state index contributed by atoms with van der Waals surface area (Å²) < 4.78 is 12.7. The van der Waals surface area contributed by atoms with Gasteiger partial charge in [-0.15, -0.1) is 0 Å². The van der Waals surface area contributed by atoms with Gasteiger partial charge in [0.1, 0.15) is 0 Å². The van der Waals surface area contributed by atoms with Crippen LogP contribution in [0.2, 0.25) is 0 Å². The van der Waals surface area contributed by atoms with E-state index >= 15 is 0 Å². The van der Waals surface area contributed by atoms with Gasteiger partial charge in [0.15, 0.2) is 11.5 Å². The minimum atomic E-state index is -0.825. The fourth-order valence-corrected chi connectivity index (χ4v) is 13.4. The molecule has 1 heterocycles. The van der Waals surface area contributed by atoms with Crippen molar-refractivity contribution in [1.29, 1.82) is 0 Å². The van der Waals surface area contributed by atoms with Gasteiger partial charge in [0.05, 0.1) is 5.41 Å². The Balaban J connectivity index is 1.06. The lowest BCUT2D eigenvalue weighted by Crippen LogP contribution is -2.28. The maximum absolute atomic E-state index is 6.41. The molecule has 2 heteroatoms. The van der Waals surface area contributed by atoms with Crippen molar-refractivity contribution < 1.29 is 9.47 Å². The lowest BCUT2D eigenvalue weighted by molar-refractivity contribution is 0.174. The van der Waals surface area contributed by atoms with Gasteiger partial charge in [-0.25, -0.2) is 0 Å². The average Bonchev–Trinajstić information content (AvgIpc) is 1.54. The SMILES string of the molecule is Cc1ccccc1-c1cccc2c1-c1cc3c(cc1C2(c1cccc(-c2cc(-c4ccc(C(C)(C)C)cc4)cc(-c4ccc(C(C)(C)C)cc4)c2)c1)c1cccc(-c2cc(-c4ccc(C(C)(C)C)cc4)cc(-c4ccc(C(C)(C)C)cc4)c2)c1)OCO3. The van der Waals surface area contributed by atoms with E-state index in [1.165, 1.54) is 106 Å². The van der Waals surface area contributed by atoms with Crippen LogP contribution in [0.1, 0.15) is 133 Å². The molecule has 11 aromatic rings. The molecule has 1 aliphatic heterocycles. The molecule has 0 spiro atoms. The smallest absolute Gasteiger partial charge is 0.231 e. The third-order valence-electron chi connectivity index (χ3n) is 18.6. The van der Waals surface area contributed by atoms with Crippen LogP contribution in [0.15, 0.2) is 237 Å². The molecule has 0 fully saturated rings. The fraction of sp³-hybridized carbons (Fsp3) is 0.224. The molecular formula is C85H80O2. The van der Waals surface area contributed by atoms with Gasteiger partial charge in [0, 0.05) is 0 Å². The molecule has 0 unspecified atom stereocenters. The van der Waals surface area contributed by atoms with Gasteiger partial charge in [0.2, 0.25) is 6.79 Å². The second-order valence-corrected chi connectivity index (χ2v) is 28.6. The summed E-state index contributed by atoms with van der Waals surface area (Å²) in [7, 11) is 0. The van der Waals surface area contributed by atoms with Crippen LogP contribution in [0.3, 0.4) is 0 Å².